The lowest BCUT2D eigenvalue weighted by Gasteiger charge is -2.33. The second-order valence-electron chi connectivity index (χ2n) is 8.91. The van der Waals surface area contributed by atoms with Crippen molar-refractivity contribution in [2.75, 3.05) is 49.7 Å². The van der Waals surface area contributed by atoms with Crippen molar-refractivity contribution in [3.8, 4) is 0 Å². The summed E-state index contributed by atoms with van der Waals surface area (Å²) in [5.41, 5.74) is 3.43. The molecule has 2 saturated heterocycles. The van der Waals surface area contributed by atoms with Gasteiger partial charge in [-0.05, 0) is 30.2 Å². The molecule has 2 fully saturated rings. The number of amides is 2. The van der Waals surface area contributed by atoms with Gasteiger partial charge in [0, 0.05) is 44.2 Å². The number of benzene rings is 1. The summed E-state index contributed by atoms with van der Waals surface area (Å²) in [6.07, 6.45) is 4.06. The number of hydrogen-bond donors (Lipinski definition) is 1. The molecule has 0 spiro atoms. The number of ether oxygens (including phenoxy) is 2. The van der Waals surface area contributed by atoms with E-state index in [4.69, 9.17) is 9.47 Å². The normalized spacial score (nSPS) is 22.5. The van der Waals surface area contributed by atoms with Crippen LogP contribution in [0.2, 0.25) is 0 Å². The van der Waals surface area contributed by atoms with Gasteiger partial charge < -0.3 is 24.6 Å². The monoisotopic (exact) mass is 480 g/mol. The van der Waals surface area contributed by atoms with E-state index in [9.17, 15) is 14.0 Å². The Hall–Kier alpha value is -3.57. The Labute approximate surface area is 200 Å². The van der Waals surface area contributed by atoms with Gasteiger partial charge in [-0.25, -0.2) is 13.9 Å². The number of carbonyl (C=O) groups is 2. The van der Waals surface area contributed by atoms with Crippen LogP contribution in [0.1, 0.15) is 32.7 Å². The maximum atomic E-state index is 14.6. The lowest BCUT2D eigenvalue weighted by atomic mass is 10.1. The fourth-order valence-electron chi connectivity index (χ4n) is 5.03. The second-order valence-corrected chi connectivity index (χ2v) is 8.91. The van der Waals surface area contributed by atoms with E-state index in [0.29, 0.717) is 68.3 Å². The van der Waals surface area contributed by atoms with Gasteiger partial charge in [0.25, 0.3) is 11.8 Å². The topological polar surface area (TPSA) is 101 Å². The van der Waals surface area contributed by atoms with Crippen LogP contribution in [0.5, 0.6) is 0 Å². The van der Waals surface area contributed by atoms with Crippen LogP contribution in [0, 0.1) is 0 Å². The number of nitrogens with zero attached hydrogens (tertiary/aromatic N) is 5. The summed E-state index contributed by atoms with van der Waals surface area (Å²) in [6.45, 7) is 3.08. The molecule has 6 rings (SSSR count). The van der Waals surface area contributed by atoms with Crippen molar-refractivity contribution in [3.63, 3.8) is 0 Å². The molecule has 3 aromatic rings. The summed E-state index contributed by atoms with van der Waals surface area (Å²) >= 11 is 0. The zero-order valence-corrected chi connectivity index (χ0v) is 19.0. The fourth-order valence-corrected chi connectivity index (χ4v) is 5.03. The Morgan fingerprint density at radius 2 is 2.03 bits per heavy atom. The number of anilines is 2. The van der Waals surface area contributed by atoms with Crippen molar-refractivity contribution in [3.05, 3.63) is 53.5 Å². The third kappa shape index (κ3) is 3.90. The molecule has 2 aromatic heterocycles. The van der Waals surface area contributed by atoms with Crippen molar-refractivity contribution in [1.82, 2.24) is 19.5 Å². The molecule has 2 amide bonds. The predicted molar refractivity (Wildman–Crippen MR) is 124 cm³/mol. The lowest BCUT2D eigenvalue weighted by Crippen LogP contribution is -2.47. The summed E-state index contributed by atoms with van der Waals surface area (Å²) in [5.74, 6) is -0.531. The first kappa shape index (κ1) is 21.9. The number of fused-ring (bicyclic) bond motifs is 2. The molecule has 1 aromatic carbocycles. The van der Waals surface area contributed by atoms with E-state index in [1.54, 1.807) is 23.4 Å². The van der Waals surface area contributed by atoms with E-state index in [1.807, 2.05) is 12.1 Å². The molecule has 3 aliphatic heterocycles. The van der Waals surface area contributed by atoms with Gasteiger partial charge in [0.2, 0.25) is 0 Å². The Bertz CT molecular complexity index is 1290. The van der Waals surface area contributed by atoms with Gasteiger partial charge in [-0.2, -0.15) is 5.10 Å². The summed E-state index contributed by atoms with van der Waals surface area (Å²) in [5, 5.41) is 7.21. The van der Waals surface area contributed by atoms with E-state index in [1.165, 1.54) is 10.7 Å². The molecule has 0 saturated carbocycles. The third-order valence-electron chi connectivity index (χ3n) is 6.83. The number of nitrogens with one attached hydrogen (secondary N) is 1. The minimum atomic E-state index is -1.22. The number of carbonyl (C=O) groups excluding carboxylic acids is 2. The molecular weight excluding hydrogens is 455 g/mol. The summed E-state index contributed by atoms with van der Waals surface area (Å²) in [7, 11) is 0. The second kappa shape index (κ2) is 8.90. The highest BCUT2D eigenvalue weighted by atomic mass is 19.1. The number of rotatable bonds is 4. The molecule has 3 aliphatic rings. The molecule has 2 atom stereocenters. The van der Waals surface area contributed by atoms with Gasteiger partial charge in [-0.1, -0.05) is 0 Å². The number of aromatic nitrogens is 3. The smallest absolute Gasteiger partial charge is 0.261 e. The first-order valence-electron chi connectivity index (χ1n) is 11.7. The first-order valence-corrected chi connectivity index (χ1v) is 11.7. The maximum Gasteiger partial charge on any atom is 0.261 e. The standard InChI is InChI=1S/C24H25FN6O4/c25-18-14-35-7-2-20(18)30-13-15-10-19(21(11-16(15)24(30)33)29-5-8-34-9-6-29)28-23(32)17-12-27-31-4-1-3-26-22(17)31/h1,3-4,10-12,18,20H,2,5-9,13-14H2,(H,28,32)/t18-,20?/m0/s1. The number of alkyl halides is 1. The molecule has 11 heteroatoms. The highest BCUT2D eigenvalue weighted by molar-refractivity contribution is 6.10. The highest BCUT2D eigenvalue weighted by Crippen LogP contribution is 2.37. The van der Waals surface area contributed by atoms with Gasteiger partial charge >= 0.3 is 0 Å². The molecule has 0 aliphatic carbocycles. The molecule has 5 heterocycles. The molecule has 182 valence electrons. The van der Waals surface area contributed by atoms with Crippen molar-refractivity contribution in [2.45, 2.75) is 25.2 Å². The van der Waals surface area contributed by atoms with Gasteiger partial charge in [-0.15, -0.1) is 0 Å². The Morgan fingerprint density at radius 3 is 2.86 bits per heavy atom. The van der Waals surface area contributed by atoms with Crippen LogP contribution in [-0.4, -0.2) is 83.0 Å². The van der Waals surface area contributed by atoms with Crippen molar-refractivity contribution in [2.24, 2.45) is 0 Å². The molecular formula is C24H25FN6O4. The van der Waals surface area contributed by atoms with E-state index >= 15 is 0 Å². The van der Waals surface area contributed by atoms with Crippen LogP contribution in [0.3, 0.4) is 0 Å². The maximum absolute atomic E-state index is 14.6. The van der Waals surface area contributed by atoms with Crippen LogP contribution in [0.25, 0.3) is 5.65 Å². The largest absolute Gasteiger partial charge is 0.378 e. The molecule has 0 radical (unpaired) electrons. The zero-order chi connectivity index (χ0) is 23.9. The number of halogens is 1. The lowest BCUT2D eigenvalue weighted by molar-refractivity contribution is -0.0216. The van der Waals surface area contributed by atoms with Crippen molar-refractivity contribution in [1.29, 1.82) is 0 Å². The molecule has 1 N–H and O–H groups in total. The highest BCUT2D eigenvalue weighted by Gasteiger charge is 2.39. The average Bonchev–Trinajstić information content (AvgIpc) is 3.45. The zero-order valence-electron chi connectivity index (χ0n) is 19.0. The fraction of sp³-hybridized carbons (Fsp3) is 0.417. The number of hydrogen-bond acceptors (Lipinski definition) is 7. The van der Waals surface area contributed by atoms with Crippen LogP contribution in [0.15, 0.2) is 36.8 Å². The Kier molecular flexibility index (Phi) is 5.57. The van der Waals surface area contributed by atoms with E-state index in [0.717, 1.165) is 11.3 Å². The number of morpholine rings is 1. The predicted octanol–water partition coefficient (Wildman–Crippen LogP) is 1.90. The summed E-state index contributed by atoms with van der Waals surface area (Å²) < 4.78 is 26.8. The SMILES string of the molecule is O=C(Nc1cc2c(cc1N1CCOCC1)C(=O)N(C1CCOC[C@@H]1F)C2)c1cnn2cccnc12. The average molecular weight is 481 g/mol. The molecule has 10 nitrogen and oxygen atoms in total. The quantitative estimate of drug-likeness (QED) is 0.609. The third-order valence-corrected chi connectivity index (χ3v) is 6.83. The van der Waals surface area contributed by atoms with Crippen LogP contribution in [-0.2, 0) is 16.0 Å². The Balaban J connectivity index is 1.35. The molecule has 0 bridgehead atoms. The van der Waals surface area contributed by atoms with Gasteiger partial charge in [0.1, 0.15) is 11.7 Å². The van der Waals surface area contributed by atoms with E-state index in [-0.39, 0.29) is 18.4 Å². The summed E-state index contributed by atoms with van der Waals surface area (Å²) in [6, 6.07) is 4.88. The van der Waals surface area contributed by atoms with Crippen LogP contribution < -0.4 is 10.2 Å². The van der Waals surface area contributed by atoms with Gasteiger partial charge in [-0.3, -0.25) is 9.59 Å². The van der Waals surface area contributed by atoms with Crippen LogP contribution in [0.4, 0.5) is 15.8 Å². The Morgan fingerprint density at radius 1 is 1.17 bits per heavy atom. The minimum Gasteiger partial charge on any atom is -0.378 e. The molecule has 35 heavy (non-hydrogen) atoms. The van der Waals surface area contributed by atoms with Gasteiger partial charge in [0.15, 0.2) is 5.65 Å². The van der Waals surface area contributed by atoms with Crippen molar-refractivity contribution < 1.29 is 23.5 Å². The molecule has 1 unspecified atom stereocenters. The minimum absolute atomic E-state index is 0.00118. The van der Waals surface area contributed by atoms with E-state index < -0.39 is 12.2 Å². The van der Waals surface area contributed by atoms with Crippen molar-refractivity contribution >= 4 is 28.8 Å². The van der Waals surface area contributed by atoms with Crippen LogP contribution >= 0.6 is 0 Å². The van der Waals surface area contributed by atoms with E-state index in [2.05, 4.69) is 20.3 Å². The summed E-state index contributed by atoms with van der Waals surface area (Å²) in [4.78, 5) is 34.5. The first-order chi connectivity index (χ1) is 17.1. The van der Waals surface area contributed by atoms with Gasteiger partial charge in [0.05, 0.1) is 43.4 Å².